The summed E-state index contributed by atoms with van der Waals surface area (Å²) < 4.78 is 50.3. The van der Waals surface area contributed by atoms with Gasteiger partial charge < -0.3 is 4.42 Å². The van der Waals surface area contributed by atoms with Gasteiger partial charge in [-0.2, -0.15) is 0 Å². The second-order valence-corrected chi connectivity index (χ2v) is 17.5. The van der Waals surface area contributed by atoms with Gasteiger partial charge in [0, 0.05) is 10.8 Å². The van der Waals surface area contributed by atoms with Gasteiger partial charge in [-0.05, 0) is 151 Å². The van der Waals surface area contributed by atoms with Crippen LogP contribution in [0.5, 0.6) is 0 Å². The Balaban J connectivity index is 0.994. The summed E-state index contributed by atoms with van der Waals surface area (Å²) in [5.74, 6) is 0. The summed E-state index contributed by atoms with van der Waals surface area (Å²) >= 11 is 0. The Morgan fingerprint density at radius 1 is 0.269 bits per heavy atom. The maximum atomic E-state index is 9.08. The van der Waals surface area contributed by atoms with Crippen LogP contribution in [-0.2, 0) is 0 Å². The van der Waals surface area contributed by atoms with Crippen LogP contribution in [0.1, 0.15) is 6.85 Å². The number of furan rings is 1. The second kappa shape index (κ2) is 14.9. The zero-order valence-corrected chi connectivity index (χ0v) is 36.1. The lowest BCUT2D eigenvalue weighted by molar-refractivity contribution is 0.669. The lowest BCUT2D eigenvalue weighted by Crippen LogP contribution is -1.93. The van der Waals surface area contributed by atoms with Crippen molar-refractivity contribution in [3.05, 3.63) is 243 Å². The van der Waals surface area contributed by atoms with E-state index in [1.54, 1.807) is 0 Å². The first-order valence-corrected chi connectivity index (χ1v) is 22.7. The average Bonchev–Trinajstić information content (AvgIpc) is 3.82. The Morgan fingerprint density at radius 2 is 0.896 bits per heavy atom. The van der Waals surface area contributed by atoms with Crippen LogP contribution in [0.15, 0.2) is 247 Å². The molecule has 0 bridgehead atoms. The Morgan fingerprint density at radius 3 is 1.67 bits per heavy atom. The van der Waals surface area contributed by atoms with Gasteiger partial charge in [0.2, 0.25) is 0 Å². The molecule has 67 heavy (non-hydrogen) atoms. The topological polar surface area (TPSA) is 13.1 Å². The van der Waals surface area contributed by atoms with Crippen molar-refractivity contribution in [2.45, 2.75) is 0 Å². The summed E-state index contributed by atoms with van der Waals surface area (Å²) in [6.45, 7) is 0. The zero-order valence-electron chi connectivity index (χ0n) is 41.1. The second-order valence-electron chi connectivity index (χ2n) is 17.5. The predicted octanol–water partition coefficient (Wildman–Crippen LogP) is 18.8. The van der Waals surface area contributed by atoms with Gasteiger partial charge in [0.05, 0.1) is 6.85 Å². The molecule has 0 aliphatic carbocycles. The van der Waals surface area contributed by atoms with Crippen LogP contribution in [0, 0.1) is 0 Å². The van der Waals surface area contributed by atoms with Crippen LogP contribution in [0.3, 0.4) is 0 Å². The van der Waals surface area contributed by atoms with Gasteiger partial charge in [0.25, 0.3) is 0 Å². The van der Waals surface area contributed by atoms with Gasteiger partial charge in [0.15, 0.2) is 0 Å². The van der Waals surface area contributed by atoms with Gasteiger partial charge in [-0.25, -0.2) is 0 Å². The van der Waals surface area contributed by atoms with Crippen LogP contribution in [-0.4, -0.2) is 0 Å². The molecule has 310 valence electrons. The fraction of sp³-hybridized carbons (Fsp3) is 0. The molecule has 1 nitrogen and oxygen atoms in total. The van der Waals surface area contributed by atoms with Gasteiger partial charge in [-0.3, -0.25) is 0 Å². The van der Waals surface area contributed by atoms with E-state index in [0.29, 0.717) is 5.56 Å². The molecule has 1 aromatic heterocycles. The summed E-state index contributed by atoms with van der Waals surface area (Å²) in [6, 6.07) is 73.5. The lowest BCUT2D eigenvalue weighted by Gasteiger charge is -2.20. The highest BCUT2D eigenvalue weighted by Gasteiger charge is 2.21. The van der Waals surface area contributed by atoms with Crippen molar-refractivity contribution in [2.24, 2.45) is 0 Å². The minimum absolute atomic E-state index is 0.201. The van der Waals surface area contributed by atoms with E-state index >= 15 is 0 Å². The van der Waals surface area contributed by atoms with Crippen LogP contribution < -0.4 is 0 Å². The monoisotopic (exact) mass is 853 g/mol. The fourth-order valence-electron chi connectivity index (χ4n) is 11.0. The molecular formula is C66H40O. The maximum Gasteiger partial charge on any atom is 0.136 e. The van der Waals surface area contributed by atoms with E-state index < -0.39 is 6.04 Å². The van der Waals surface area contributed by atoms with Crippen molar-refractivity contribution >= 4 is 86.6 Å². The molecule has 0 amide bonds. The highest BCUT2D eigenvalue weighted by molar-refractivity contribution is 6.27. The lowest BCUT2D eigenvalue weighted by atomic mass is 9.83. The summed E-state index contributed by atoms with van der Waals surface area (Å²) in [5, 5.41) is 14.9. The van der Waals surface area contributed by atoms with E-state index in [2.05, 4.69) is 170 Å². The zero-order chi connectivity index (χ0) is 48.4. The van der Waals surface area contributed by atoms with Crippen molar-refractivity contribution in [3.8, 4) is 55.6 Å². The minimum atomic E-state index is -0.405. The average molecular weight is 854 g/mol. The van der Waals surface area contributed by atoms with Crippen molar-refractivity contribution in [2.75, 3.05) is 0 Å². The van der Waals surface area contributed by atoms with Crippen LogP contribution in [0.25, 0.3) is 142 Å². The highest BCUT2D eigenvalue weighted by atomic mass is 16.3. The Bertz CT molecular complexity index is 4540. The first-order valence-electron chi connectivity index (χ1n) is 25.2. The number of hydrogen-bond donors (Lipinski definition) is 0. The molecule has 14 rings (SSSR count). The smallest absolute Gasteiger partial charge is 0.136 e. The normalized spacial score (nSPS) is 12.9. The van der Waals surface area contributed by atoms with Crippen LogP contribution in [0.4, 0.5) is 0 Å². The molecule has 0 spiro atoms. The van der Waals surface area contributed by atoms with E-state index in [0.717, 1.165) is 109 Å². The quantitative estimate of drug-likeness (QED) is 0.124. The minimum Gasteiger partial charge on any atom is -0.456 e. The van der Waals surface area contributed by atoms with Gasteiger partial charge in [-0.1, -0.05) is 212 Å². The Hall–Kier alpha value is -8.78. The van der Waals surface area contributed by atoms with Gasteiger partial charge >= 0.3 is 0 Å². The molecule has 0 radical (unpaired) electrons. The van der Waals surface area contributed by atoms with Crippen LogP contribution in [0.2, 0.25) is 0 Å². The Kier molecular flexibility index (Phi) is 7.29. The summed E-state index contributed by atoms with van der Waals surface area (Å²) in [7, 11) is 0. The molecule has 0 atom stereocenters. The van der Waals surface area contributed by atoms with Crippen molar-refractivity contribution in [1.82, 2.24) is 0 Å². The summed E-state index contributed by atoms with van der Waals surface area (Å²) in [5.41, 5.74) is 11.5. The van der Waals surface area contributed by atoms with E-state index in [4.69, 9.17) is 11.3 Å². The van der Waals surface area contributed by atoms with E-state index in [-0.39, 0.29) is 29.7 Å². The molecule has 0 fully saturated rings. The molecule has 0 aliphatic heterocycles. The standard InChI is InChI=1S/C66H40O/c1-3-16-41(17-4-1)44-33-37-61-60(38-44)66-55(28-15-29-62(66)67-61)59-40-46-31-30-45(39-58(46)49-22-9-10-23-50(49)59)48-35-36-57(56-34-32-42-18-7-8-21-47(42)64(48)56)65-53-26-13-11-24-51(53)63(43-19-5-2-6-20-43)52-25-12-14-27-54(52)65/h1-40H/i2D,5D,6D,19D,20D. The third-order valence-corrected chi connectivity index (χ3v) is 13.9. The molecule has 0 saturated heterocycles. The van der Waals surface area contributed by atoms with Crippen molar-refractivity contribution in [1.29, 1.82) is 0 Å². The number of benzene rings is 13. The molecule has 0 aliphatic rings. The molecular weight excluding hydrogens is 809 g/mol. The first kappa shape index (κ1) is 32.8. The van der Waals surface area contributed by atoms with Gasteiger partial charge in [0.1, 0.15) is 11.2 Å². The van der Waals surface area contributed by atoms with E-state index in [1.807, 2.05) is 42.5 Å². The van der Waals surface area contributed by atoms with E-state index in [1.165, 1.54) is 21.7 Å². The number of rotatable bonds is 5. The maximum absolute atomic E-state index is 9.08. The number of hydrogen-bond acceptors (Lipinski definition) is 1. The molecule has 0 saturated carbocycles. The third kappa shape index (κ3) is 5.81. The van der Waals surface area contributed by atoms with Crippen molar-refractivity contribution in [3.63, 3.8) is 0 Å². The summed E-state index contributed by atoms with van der Waals surface area (Å²) in [4.78, 5) is 0. The van der Waals surface area contributed by atoms with Crippen molar-refractivity contribution < 1.29 is 11.3 Å². The molecule has 0 unspecified atom stereocenters. The SMILES string of the molecule is [2H]c1c([2H])c([2H])c(-c2c3ccccc3c(-c3ccc(-c4ccc5cc(-c6cccc7oc8ccc(-c9ccccc9)cc8c67)c6ccccc6c5c4)c4c3ccc3ccccc34)c3ccccc23)c([2H])c1[2H]. The van der Waals surface area contributed by atoms with Crippen LogP contribution >= 0.6 is 0 Å². The van der Waals surface area contributed by atoms with Gasteiger partial charge in [-0.15, -0.1) is 0 Å². The predicted molar refractivity (Wildman–Crippen MR) is 286 cm³/mol. The van der Waals surface area contributed by atoms with E-state index in [9.17, 15) is 0 Å². The Labute approximate surface area is 394 Å². The first-order chi connectivity index (χ1) is 35.3. The molecule has 14 aromatic rings. The molecule has 0 N–H and O–H groups in total. The summed E-state index contributed by atoms with van der Waals surface area (Å²) in [6.07, 6.45) is 0. The fourth-order valence-corrected chi connectivity index (χ4v) is 11.0. The molecule has 1 heterocycles. The third-order valence-electron chi connectivity index (χ3n) is 13.9. The number of fused-ring (bicyclic) bond motifs is 11. The molecule has 13 aromatic carbocycles. The largest absolute Gasteiger partial charge is 0.456 e. The molecule has 1 heteroatoms. The highest BCUT2D eigenvalue weighted by Crippen LogP contribution is 2.49.